The van der Waals surface area contributed by atoms with Crippen molar-refractivity contribution in [2.24, 2.45) is 23.7 Å². The Hall–Kier alpha value is -3.15. The number of methoxy groups -OCH3 is 1. The zero-order valence-corrected chi connectivity index (χ0v) is 26.0. The lowest BCUT2D eigenvalue weighted by Crippen LogP contribution is -2.56. The van der Waals surface area contributed by atoms with Crippen LogP contribution in [0.3, 0.4) is 0 Å². The Morgan fingerprint density at radius 2 is 1.81 bits per heavy atom. The summed E-state index contributed by atoms with van der Waals surface area (Å²) < 4.78 is 6.32. The van der Waals surface area contributed by atoms with Crippen molar-refractivity contribution >= 4 is 63.9 Å². The maximum atomic E-state index is 13.3. The zero-order chi connectivity index (χ0) is 30.7. The second kappa shape index (κ2) is 13.7. The number of rotatable bonds is 11. The third kappa shape index (κ3) is 7.50. The van der Waals surface area contributed by atoms with Gasteiger partial charge in [0.05, 0.1) is 17.0 Å². The predicted molar refractivity (Wildman–Crippen MR) is 164 cm³/mol. The fourth-order valence-electron chi connectivity index (χ4n) is 7.03. The minimum atomic E-state index is -1.09. The molecule has 6 rings (SSSR count). The Bertz CT molecular complexity index is 1460. The zero-order valence-electron chi connectivity index (χ0n) is 23.6. The summed E-state index contributed by atoms with van der Waals surface area (Å²) in [5, 5.41) is 8.44. The van der Waals surface area contributed by atoms with E-state index < -0.39 is 29.4 Å². The lowest BCUT2D eigenvalue weighted by atomic mass is 9.54. The number of carbonyl (C=O) groups is 4. The van der Waals surface area contributed by atoms with Gasteiger partial charge in [0.15, 0.2) is 0 Å². The van der Waals surface area contributed by atoms with Gasteiger partial charge in [-0.1, -0.05) is 29.3 Å². The molecule has 2 heterocycles. The second-order valence-electron chi connectivity index (χ2n) is 11.6. The van der Waals surface area contributed by atoms with Crippen molar-refractivity contribution in [3.63, 3.8) is 0 Å². The van der Waals surface area contributed by atoms with E-state index in [1.807, 2.05) is 0 Å². The van der Waals surface area contributed by atoms with Crippen LogP contribution in [-0.4, -0.2) is 47.5 Å². The van der Waals surface area contributed by atoms with E-state index in [0.717, 1.165) is 23.2 Å². The average molecular weight is 650 g/mol. The van der Waals surface area contributed by atoms with Gasteiger partial charge in [0.25, 0.3) is 11.5 Å². The van der Waals surface area contributed by atoms with Gasteiger partial charge in [-0.3, -0.25) is 19.2 Å². The summed E-state index contributed by atoms with van der Waals surface area (Å²) in [6.45, 7) is -0.165. The first-order valence-electron chi connectivity index (χ1n) is 14.4. The molecule has 1 atom stereocenters. The molecule has 4 bridgehead atoms. The highest BCUT2D eigenvalue weighted by Gasteiger charge is 2.48. The molecule has 3 amide bonds. The Balaban J connectivity index is 1.24. The van der Waals surface area contributed by atoms with Crippen molar-refractivity contribution in [3.05, 3.63) is 61.1 Å². The van der Waals surface area contributed by atoms with Crippen molar-refractivity contribution in [1.29, 1.82) is 0 Å². The normalized spacial score (nSPS) is 24.5. The summed E-state index contributed by atoms with van der Waals surface area (Å²) in [7, 11) is 1.25. The molecule has 10 nitrogen and oxygen atoms in total. The van der Waals surface area contributed by atoms with Gasteiger partial charge in [0.1, 0.15) is 22.6 Å². The van der Waals surface area contributed by atoms with Crippen LogP contribution in [0.2, 0.25) is 8.67 Å². The molecule has 0 aliphatic heterocycles. The molecule has 0 aromatic carbocycles. The number of amides is 3. The van der Waals surface area contributed by atoms with Crippen LogP contribution in [0.15, 0.2) is 41.3 Å². The van der Waals surface area contributed by atoms with E-state index in [4.69, 9.17) is 23.2 Å². The molecular weight excluding hydrogens is 615 g/mol. The number of nitrogens with zero attached hydrogens (tertiary/aromatic N) is 1. The van der Waals surface area contributed by atoms with Crippen LogP contribution in [0, 0.1) is 23.7 Å². The lowest BCUT2D eigenvalue weighted by Gasteiger charge is -2.54. The maximum Gasteiger partial charge on any atom is 0.330 e. The monoisotopic (exact) mass is 648 g/mol. The van der Waals surface area contributed by atoms with Crippen LogP contribution in [0.4, 0.5) is 5.69 Å². The standard InChI is InChI=1S/C30H34Cl2N4O6S/c1-42-25(38)7-3-2-5-21(33-28(39)20-14-23(31)43-27(20)32)29(40)34-22-6-4-8-36(30(22)41)15-24(37)35-26-18-10-16-9-17(12-18)13-19(26)11-16/h3-4,6-8,14,16-19,21,26H,2,5,9-13,15H2,1H3,(H,33,39)(H,34,40)(H,35,37)/b7-3+/t16?,17?,18?,19?,21-,26?/m0/s1. The van der Waals surface area contributed by atoms with E-state index in [2.05, 4.69) is 20.7 Å². The molecule has 43 heavy (non-hydrogen) atoms. The predicted octanol–water partition coefficient (Wildman–Crippen LogP) is 4.40. The number of thiophene rings is 1. The molecule has 0 saturated heterocycles. The van der Waals surface area contributed by atoms with Crippen LogP contribution in [0.5, 0.6) is 0 Å². The van der Waals surface area contributed by atoms with Crippen molar-refractivity contribution in [3.8, 4) is 0 Å². The van der Waals surface area contributed by atoms with Gasteiger partial charge < -0.3 is 25.3 Å². The maximum absolute atomic E-state index is 13.3. The quantitative estimate of drug-likeness (QED) is 0.244. The summed E-state index contributed by atoms with van der Waals surface area (Å²) >= 11 is 13.1. The largest absolute Gasteiger partial charge is 0.466 e. The van der Waals surface area contributed by atoms with Crippen molar-refractivity contribution < 1.29 is 23.9 Å². The highest BCUT2D eigenvalue weighted by Crippen LogP contribution is 2.53. The highest BCUT2D eigenvalue weighted by molar-refractivity contribution is 7.20. The number of pyridine rings is 1. The Labute approximate surface area is 263 Å². The summed E-state index contributed by atoms with van der Waals surface area (Å²) in [6.07, 6.45) is 10.6. The minimum Gasteiger partial charge on any atom is -0.466 e. The molecule has 13 heteroatoms. The van der Waals surface area contributed by atoms with E-state index in [0.29, 0.717) is 16.2 Å². The molecule has 0 radical (unpaired) electrons. The number of nitrogens with one attached hydrogen (secondary N) is 3. The average Bonchev–Trinajstić information content (AvgIpc) is 3.31. The van der Waals surface area contributed by atoms with Gasteiger partial charge in [0, 0.05) is 18.3 Å². The van der Waals surface area contributed by atoms with Crippen LogP contribution < -0.4 is 21.5 Å². The number of allylic oxidation sites excluding steroid dienone is 1. The fraction of sp³-hybridized carbons (Fsp3) is 0.500. The van der Waals surface area contributed by atoms with Gasteiger partial charge >= 0.3 is 5.97 Å². The van der Waals surface area contributed by atoms with Gasteiger partial charge in [-0.25, -0.2) is 4.79 Å². The number of carbonyl (C=O) groups excluding carboxylic acids is 4. The summed E-state index contributed by atoms with van der Waals surface area (Å²) in [6, 6.07) is 3.49. The van der Waals surface area contributed by atoms with Crippen LogP contribution in [-0.2, 0) is 25.7 Å². The first-order chi connectivity index (χ1) is 20.6. The molecular formula is C30H34Cl2N4O6S. The third-order valence-electron chi connectivity index (χ3n) is 8.75. The Kier molecular flexibility index (Phi) is 9.93. The second-order valence-corrected chi connectivity index (χ2v) is 13.9. The smallest absolute Gasteiger partial charge is 0.330 e. The first kappa shape index (κ1) is 31.3. The van der Waals surface area contributed by atoms with Crippen molar-refractivity contribution in [2.75, 3.05) is 12.4 Å². The van der Waals surface area contributed by atoms with Gasteiger partial charge in [-0.15, -0.1) is 11.3 Å². The molecule has 4 fully saturated rings. The van der Waals surface area contributed by atoms with Gasteiger partial charge in [-0.05, 0) is 86.8 Å². The number of ether oxygens (including phenoxy) is 1. The van der Waals surface area contributed by atoms with Gasteiger partial charge in [-0.2, -0.15) is 0 Å². The van der Waals surface area contributed by atoms with E-state index in [1.54, 1.807) is 6.07 Å². The third-order valence-corrected chi connectivity index (χ3v) is 10.2. The number of anilines is 1. The van der Waals surface area contributed by atoms with E-state index in [-0.39, 0.29) is 46.9 Å². The molecule has 2 aromatic rings. The van der Waals surface area contributed by atoms with E-state index in [1.165, 1.54) is 74.3 Å². The topological polar surface area (TPSA) is 136 Å². The molecule has 2 aromatic heterocycles. The SMILES string of the molecule is COC(=O)/C=C/CC[C@H](NC(=O)c1cc(Cl)sc1Cl)C(=O)Nc1cccn(CC(=O)NC2C3CC4CC(C3)CC2C4)c1=O. The van der Waals surface area contributed by atoms with Crippen molar-refractivity contribution in [2.45, 2.75) is 63.6 Å². The van der Waals surface area contributed by atoms with Crippen LogP contribution in [0.25, 0.3) is 0 Å². The Morgan fingerprint density at radius 3 is 2.44 bits per heavy atom. The molecule has 230 valence electrons. The van der Waals surface area contributed by atoms with Gasteiger partial charge in [0.2, 0.25) is 11.8 Å². The Morgan fingerprint density at radius 1 is 1.12 bits per heavy atom. The molecule has 0 unspecified atom stereocenters. The molecule has 4 aliphatic rings. The fourth-order valence-corrected chi connectivity index (χ4v) is 8.49. The number of halogens is 2. The number of hydrogen-bond donors (Lipinski definition) is 3. The highest BCUT2D eigenvalue weighted by atomic mass is 35.5. The molecule has 0 spiro atoms. The summed E-state index contributed by atoms with van der Waals surface area (Å²) in [5.74, 6) is 0.558. The number of aromatic nitrogens is 1. The minimum absolute atomic E-state index is 0.0316. The first-order valence-corrected chi connectivity index (χ1v) is 16.0. The van der Waals surface area contributed by atoms with E-state index in [9.17, 15) is 24.0 Å². The molecule has 3 N–H and O–H groups in total. The number of hydrogen-bond acceptors (Lipinski definition) is 7. The summed E-state index contributed by atoms with van der Waals surface area (Å²) in [4.78, 5) is 63.9. The summed E-state index contributed by atoms with van der Waals surface area (Å²) in [5.41, 5.74) is -0.456. The van der Waals surface area contributed by atoms with Crippen molar-refractivity contribution in [1.82, 2.24) is 15.2 Å². The van der Waals surface area contributed by atoms with Crippen LogP contribution >= 0.6 is 34.5 Å². The molecule has 4 aliphatic carbocycles. The number of esters is 1. The molecule has 4 saturated carbocycles. The van der Waals surface area contributed by atoms with E-state index >= 15 is 0 Å². The van der Waals surface area contributed by atoms with Crippen LogP contribution in [0.1, 0.15) is 55.3 Å². The lowest BCUT2D eigenvalue weighted by molar-refractivity contribution is -0.134.